The molecule has 0 spiro atoms. The predicted molar refractivity (Wildman–Crippen MR) is 93.2 cm³/mol. The third-order valence-electron chi connectivity index (χ3n) is 4.45. The Hall–Kier alpha value is -1.38. The number of benzene rings is 1. The molecule has 1 heterocycles. The van der Waals surface area contributed by atoms with Crippen molar-refractivity contribution in [3.63, 3.8) is 0 Å². The summed E-state index contributed by atoms with van der Waals surface area (Å²) in [4.78, 5) is 4.76. The summed E-state index contributed by atoms with van der Waals surface area (Å²) in [5.74, 6) is 2.49. The van der Waals surface area contributed by atoms with Crippen molar-refractivity contribution in [1.82, 2.24) is 5.48 Å². The first-order valence-corrected chi connectivity index (χ1v) is 7.88. The Morgan fingerprint density at radius 3 is 2.29 bits per heavy atom. The van der Waals surface area contributed by atoms with Gasteiger partial charge in [-0.25, -0.2) is 0 Å². The molecule has 1 aliphatic rings. The molecule has 7 heteroatoms. The largest absolute Gasteiger partial charge is 0.497 e. The SMILES string of the molecule is CONC(O)c1cc(C=CB2OC(C)(C)C(C)(C)O2)cc(OC)c1. The van der Waals surface area contributed by atoms with E-state index in [2.05, 4.69) is 5.48 Å². The van der Waals surface area contributed by atoms with Gasteiger partial charge in [0.25, 0.3) is 0 Å². The van der Waals surface area contributed by atoms with Gasteiger partial charge in [0.15, 0.2) is 6.23 Å². The van der Waals surface area contributed by atoms with Crippen LogP contribution in [0.25, 0.3) is 6.08 Å². The lowest BCUT2D eigenvalue weighted by molar-refractivity contribution is -0.0321. The van der Waals surface area contributed by atoms with Crippen LogP contribution in [-0.4, -0.2) is 37.6 Å². The Kier molecular flexibility index (Phi) is 5.73. The fourth-order valence-corrected chi connectivity index (χ4v) is 2.35. The normalized spacial score (nSPS) is 20.5. The third kappa shape index (κ3) is 4.17. The minimum atomic E-state index is -0.950. The second-order valence-corrected chi connectivity index (χ2v) is 6.75. The van der Waals surface area contributed by atoms with E-state index in [0.29, 0.717) is 11.3 Å². The molecule has 1 atom stereocenters. The van der Waals surface area contributed by atoms with Crippen LogP contribution in [0, 0.1) is 0 Å². The quantitative estimate of drug-likeness (QED) is 0.473. The maximum atomic E-state index is 10.0. The van der Waals surface area contributed by atoms with Crippen molar-refractivity contribution in [2.45, 2.75) is 45.1 Å². The molecule has 1 aliphatic heterocycles. The summed E-state index contributed by atoms with van der Waals surface area (Å²) in [5, 5.41) is 10.0. The average Bonchev–Trinajstić information content (AvgIpc) is 2.72. The molecule has 1 aromatic carbocycles. The van der Waals surface area contributed by atoms with Gasteiger partial charge in [0.2, 0.25) is 0 Å². The lowest BCUT2D eigenvalue weighted by Gasteiger charge is -2.32. The summed E-state index contributed by atoms with van der Waals surface area (Å²) < 4.78 is 17.2. The topological polar surface area (TPSA) is 69.2 Å². The standard InChI is InChI=1S/C17H26BNO5/c1-16(2)17(3,4)24-18(23-16)8-7-12-9-13(15(20)19-22-6)11-14(10-12)21-5/h7-11,15,19-20H,1-6H3. The monoisotopic (exact) mass is 335 g/mol. The van der Waals surface area contributed by atoms with Crippen molar-refractivity contribution in [3.8, 4) is 5.75 Å². The van der Waals surface area contributed by atoms with Gasteiger partial charge in [-0.2, -0.15) is 5.48 Å². The molecule has 2 N–H and O–H groups in total. The van der Waals surface area contributed by atoms with E-state index >= 15 is 0 Å². The molecule has 1 unspecified atom stereocenters. The Morgan fingerprint density at radius 1 is 1.12 bits per heavy atom. The van der Waals surface area contributed by atoms with E-state index in [1.165, 1.54) is 7.11 Å². The smallest absolute Gasteiger partial charge is 0.487 e. The number of methoxy groups -OCH3 is 1. The molecule has 6 nitrogen and oxygen atoms in total. The van der Waals surface area contributed by atoms with E-state index in [1.807, 2.05) is 51.9 Å². The molecule has 1 saturated heterocycles. The van der Waals surface area contributed by atoms with Gasteiger partial charge >= 0.3 is 7.12 Å². The summed E-state index contributed by atoms with van der Waals surface area (Å²) in [6.45, 7) is 8.04. The first-order chi connectivity index (χ1) is 11.2. The number of aliphatic hydroxyl groups is 1. The summed E-state index contributed by atoms with van der Waals surface area (Å²) in [7, 11) is 2.60. The highest BCUT2D eigenvalue weighted by Gasteiger charge is 2.49. The highest BCUT2D eigenvalue weighted by atomic mass is 16.7. The minimum Gasteiger partial charge on any atom is -0.497 e. The molecule has 24 heavy (non-hydrogen) atoms. The number of hydrogen-bond donors (Lipinski definition) is 2. The van der Waals surface area contributed by atoms with E-state index in [1.54, 1.807) is 13.2 Å². The Labute approximate surface area is 143 Å². The highest BCUT2D eigenvalue weighted by molar-refractivity contribution is 6.52. The second-order valence-electron chi connectivity index (χ2n) is 6.75. The molecule has 0 bridgehead atoms. The predicted octanol–water partition coefficient (Wildman–Crippen LogP) is 2.48. The average molecular weight is 335 g/mol. The molecule has 1 aromatic rings. The molecule has 0 saturated carbocycles. The van der Waals surface area contributed by atoms with Crippen LogP contribution in [0.1, 0.15) is 45.0 Å². The van der Waals surface area contributed by atoms with E-state index in [-0.39, 0.29) is 11.2 Å². The molecule has 0 amide bonds. The summed E-state index contributed by atoms with van der Waals surface area (Å²) in [6, 6.07) is 5.44. The number of ether oxygens (including phenoxy) is 1. The summed E-state index contributed by atoms with van der Waals surface area (Å²) in [5.41, 5.74) is 3.22. The van der Waals surface area contributed by atoms with E-state index in [9.17, 15) is 5.11 Å². The number of nitrogens with one attached hydrogen (secondary N) is 1. The molecular formula is C17H26BNO5. The second kappa shape index (κ2) is 7.25. The Balaban J connectivity index is 2.19. The number of hydrogen-bond acceptors (Lipinski definition) is 6. The van der Waals surface area contributed by atoms with Crippen LogP contribution < -0.4 is 10.2 Å². The van der Waals surface area contributed by atoms with Crippen LogP contribution in [0.5, 0.6) is 5.75 Å². The number of hydroxylamine groups is 1. The maximum absolute atomic E-state index is 10.0. The number of aliphatic hydroxyl groups excluding tert-OH is 1. The molecule has 0 aromatic heterocycles. The van der Waals surface area contributed by atoms with Crippen LogP contribution in [0.4, 0.5) is 0 Å². The van der Waals surface area contributed by atoms with Gasteiger partial charge in [-0.3, -0.25) is 0 Å². The zero-order valence-corrected chi connectivity index (χ0v) is 15.1. The first-order valence-electron chi connectivity index (χ1n) is 7.88. The van der Waals surface area contributed by atoms with Gasteiger partial charge in [-0.15, -0.1) is 0 Å². The van der Waals surface area contributed by atoms with Crippen molar-refractivity contribution in [2.75, 3.05) is 14.2 Å². The molecule has 1 fully saturated rings. The van der Waals surface area contributed by atoms with Gasteiger partial charge in [0.1, 0.15) is 5.75 Å². The van der Waals surface area contributed by atoms with Gasteiger partial charge in [0, 0.05) is 5.56 Å². The van der Waals surface area contributed by atoms with Crippen molar-refractivity contribution in [1.29, 1.82) is 0 Å². The van der Waals surface area contributed by atoms with Crippen molar-refractivity contribution < 1.29 is 24.0 Å². The van der Waals surface area contributed by atoms with Crippen molar-refractivity contribution in [2.24, 2.45) is 0 Å². The van der Waals surface area contributed by atoms with E-state index in [0.717, 1.165) is 5.56 Å². The van der Waals surface area contributed by atoms with Gasteiger partial charge in [-0.05, 0) is 51.5 Å². The lowest BCUT2D eigenvalue weighted by atomic mass is 9.89. The molecular weight excluding hydrogens is 309 g/mol. The fraction of sp³-hybridized carbons (Fsp3) is 0.529. The first kappa shape index (κ1) is 19.0. The van der Waals surface area contributed by atoms with Gasteiger partial charge in [0.05, 0.1) is 25.4 Å². The third-order valence-corrected chi connectivity index (χ3v) is 4.45. The maximum Gasteiger partial charge on any atom is 0.487 e. The van der Waals surface area contributed by atoms with Gasteiger partial charge < -0.3 is 24.0 Å². The minimum absolute atomic E-state index is 0.375. The highest BCUT2D eigenvalue weighted by Crippen LogP contribution is 2.37. The number of rotatable bonds is 6. The molecule has 0 aliphatic carbocycles. The van der Waals surface area contributed by atoms with Crippen LogP contribution in [0.3, 0.4) is 0 Å². The van der Waals surface area contributed by atoms with E-state index < -0.39 is 13.3 Å². The van der Waals surface area contributed by atoms with Crippen LogP contribution in [0.2, 0.25) is 0 Å². The van der Waals surface area contributed by atoms with Crippen LogP contribution >= 0.6 is 0 Å². The summed E-state index contributed by atoms with van der Waals surface area (Å²) in [6.07, 6.45) is 0.933. The molecule has 0 radical (unpaired) electrons. The van der Waals surface area contributed by atoms with E-state index in [4.69, 9.17) is 18.9 Å². The lowest BCUT2D eigenvalue weighted by Crippen LogP contribution is -2.41. The zero-order valence-electron chi connectivity index (χ0n) is 15.1. The van der Waals surface area contributed by atoms with Gasteiger partial charge in [-0.1, -0.05) is 12.1 Å². The van der Waals surface area contributed by atoms with Crippen LogP contribution in [0.15, 0.2) is 24.2 Å². The van der Waals surface area contributed by atoms with Crippen molar-refractivity contribution >= 4 is 13.2 Å². The summed E-state index contributed by atoms with van der Waals surface area (Å²) >= 11 is 0. The van der Waals surface area contributed by atoms with Crippen molar-refractivity contribution in [3.05, 3.63) is 35.3 Å². The Morgan fingerprint density at radius 2 is 1.75 bits per heavy atom. The molecule has 2 rings (SSSR count). The Bertz CT molecular complexity index is 587. The zero-order chi connectivity index (χ0) is 18.0. The fourth-order valence-electron chi connectivity index (χ4n) is 2.35. The molecule has 132 valence electrons. The van der Waals surface area contributed by atoms with Crippen LogP contribution in [-0.2, 0) is 14.1 Å².